The van der Waals surface area contributed by atoms with Crippen LogP contribution in [0.2, 0.25) is 0 Å². The molecule has 1 aromatic heterocycles. The molecule has 0 bridgehead atoms. The minimum Gasteiger partial charge on any atom is -0.508 e. The fourth-order valence-electron chi connectivity index (χ4n) is 3.00. The Morgan fingerprint density at radius 3 is 2.52 bits per heavy atom. The summed E-state index contributed by atoms with van der Waals surface area (Å²) in [7, 11) is 0. The van der Waals surface area contributed by atoms with Crippen molar-refractivity contribution in [3.05, 3.63) is 78.8 Å². The van der Waals surface area contributed by atoms with Gasteiger partial charge in [-0.3, -0.25) is 24.6 Å². The molecule has 1 heterocycles. The van der Waals surface area contributed by atoms with Crippen molar-refractivity contribution in [1.29, 1.82) is 0 Å². The number of fused-ring (bicyclic) bond motifs is 1. The fourth-order valence-corrected chi connectivity index (χ4v) is 3.00. The Morgan fingerprint density at radius 1 is 0.963 bits per heavy atom. The molecule has 8 heteroatoms. The van der Waals surface area contributed by atoms with Gasteiger partial charge >= 0.3 is 0 Å². The van der Waals surface area contributed by atoms with E-state index in [-0.39, 0.29) is 28.7 Å². The molecule has 0 aliphatic heterocycles. The van der Waals surface area contributed by atoms with Crippen LogP contribution in [0, 0.1) is 0 Å². The lowest BCUT2D eigenvalue weighted by atomic mass is 10.1. The molecule has 4 aromatic rings. The first-order valence-corrected chi connectivity index (χ1v) is 8.30. The number of aromatic amines is 2. The molecule has 4 rings (SSSR count). The maximum atomic E-state index is 12.0. The van der Waals surface area contributed by atoms with Gasteiger partial charge in [-0.2, -0.15) is 0 Å². The highest BCUT2D eigenvalue weighted by Gasteiger charge is 2.23. The van der Waals surface area contributed by atoms with Crippen LogP contribution in [0.1, 0.15) is 18.5 Å². The molecule has 3 aromatic carbocycles. The standard InChI is InChI=1S/C19H16N4O4/c1-9(10-3-2-4-12(24)7-10)20-15-16(18(26)17(15)25)21-11-5-6-14-13(8-11)19(27)23-22-14/h2-9,20-21,24H,1H3,(H2,22,23,27)/t9-/m1/s1. The highest BCUT2D eigenvalue weighted by molar-refractivity contribution is 5.85. The van der Waals surface area contributed by atoms with Gasteiger partial charge in [0.05, 0.1) is 10.9 Å². The summed E-state index contributed by atoms with van der Waals surface area (Å²) >= 11 is 0. The summed E-state index contributed by atoms with van der Waals surface area (Å²) in [5.74, 6) is 0.120. The van der Waals surface area contributed by atoms with Crippen molar-refractivity contribution in [1.82, 2.24) is 10.2 Å². The zero-order valence-electron chi connectivity index (χ0n) is 14.3. The van der Waals surface area contributed by atoms with Gasteiger partial charge in [0.25, 0.3) is 16.4 Å². The van der Waals surface area contributed by atoms with Crippen LogP contribution in [0.4, 0.5) is 17.1 Å². The zero-order chi connectivity index (χ0) is 19.1. The summed E-state index contributed by atoms with van der Waals surface area (Å²) in [5, 5.41) is 21.2. The highest BCUT2D eigenvalue weighted by Crippen LogP contribution is 2.27. The van der Waals surface area contributed by atoms with Crippen LogP contribution in [0.15, 0.2) is 56.8 Å². The van der Waals surface area contributed by atoms with Gasteiger partial charge in [-0.15, -0.1) is 0 Å². The van der Waals surface area contributed by atoms with Gasteiger partial charge in [0.2, 0.25) is 0 Å². The number of anilines is 3. The van der Waals surface area contributed by atoms with Crippen molar-refractivity contribution in [2.24, 2.45) is 0 Å². The third-order valence-corrected chi connectivity index (χ3v) is 4.49. The maximum absolute atomic E-state index is 12.0. The van der Waals surface area contributed by atoms with E-state index in [1.54, 1.807) is 36.4 Å². The molecule has 0 fully saturated rings. The van der Waals surface area contributed by atoms with E-state index in [0.717, 1.165) is 5.56 Å². The van der Waals surface area contributed by atoms with E-state index in [4.69, 9.17) is 0 Å². The van der Waals surface area contributed by atoms with Crippen LogP contribution in [-0.4, -0.2) is 15.3 Å². The molecule has 0 amide bonds. The summed E-state index contributed by atoms with van der Waals surface area (Å²) in [6.45, 7) is 1.82. The molecule has 8 nitrogen and oxygen atoms in total. The third kappa shape index (κ3) is 2.86. The largest absolute Gasteiger partial charge is 0.508 e. The summed E-state index contributed by atoms with van der Waals surface area (Å²) in [6, 6.07) is 11.4. The molecule has 5 N–H and O–H groups in total. The van der Waals surface area contributed by atoms with Gasteiger partial charge in [-0.25, -0.2) is 0 Å². The van der Waals surface area contributed by atoms with Gasteiger partial charge < -0.3 is 15.7 Å². The van der Waals surface area contributed by atoms with Crippen LogP contribution in [0.5, 0.6) is 5.75 Å². The summed E-state index contributed by atoms with van der Waals surface area (Å²) in [5.41, 5.74) is 0.772. The van der Waals surface area contributed by atoms with Crippen LogP contribution < -0.4 is 27.1 Å². The quantitative estimate of drug-likeness (QED) is 0.345. The Bertz CT molecular complexity index is 1280. The Morgan fingerprint density at radius 2 is 1.74 bits per heavy atom. The van der Waals surface area contributed by atoms with Crippen molar-refractivity contribution in [2.75, 3.05) is 10.6 Å². The minimum absolute atomic E-state index is 0.120. The molecule has 0 unspecified atom stereocenters. The van der Waals surface area contributed by atoms with Crippen molar-refractivity contribution >= 4 is 28.0 Å². The zero-order valence-corrected chi connectivity index (χ0v) is 14.3. The number of nitrogens with one attached hydrogen (secondary N) is 4. The number of aromatic nitrogens is 2. The van der Waals surface area contributed by atoms with E-state index in [1.807, 2.05) is 13.0 Å². The van der Waals surface area contributed by atoms with Crippen LogP contribution in [-0.2, 0) is 0 Å². The lowest BCUT2D eigenvalue weighted by Gasteiger charge is -2.20. The van der Waals surface area contributed by atoms with E-state index in [0.29, 0.717) is 16.6 Å². The monoisotopic (exact) mass is 364 g/mol. The molecule has 27 heavy (non-hydrogen) atoms. The van der Waals surface area contributed by atoms with Gasteiger partial charge in [-0.1, -0.05) is 12.1 Å². The number of aromatic hydroxyl groups is 1. The normalized spacial score (nSPS) is 12.3. The van der Waals surface area contributed by atoms with Crippen molar-refractivity contribution in [3.8, 4) is 5.75 Å². The molecule has 1 atom stereocenters. The molecule has 136 valence electrons. The average Bonchev–Trinajstić information content (AvgIpc) is 3.04. The molecule has 0 saturated carbocycles. The first-order valence-electron chi connectivity index (χ1n) is 8.30. The van der Waals surface area contributed by atoms with Crippen molar-refractivity contribution in [3.63, 3.8) is 0 Å². The molecule has 0 aliphatic carbocycles. The first kappa shape index (κ1) is 16.6. The van der Waals surface area contributed by atoms with Crippen LogP contribution in [0.25, 0.3) is 10.9 Å². The average molecular weight is 364 g/mol. The number of hydrogen-bond donors (Lipinski definition) is 5. The van der Waals surface area contributed by atoms with Crippen LogP contribution >= 0.6 is 0 Å². The third-order valence-electron chi connectivity index (χ3n) is 4.49. The summed E-state index contributed by atoms with van der Waals surface area (Å²) in [4.78, 5) is 35.7. The van der Waals surface area contributed by atoms with E-state index >= 15 is 0 Å². The van der Waals surface area contributed by atoms with Crippen LogP contribution in [0.3, 0.4) is 0 Å². The summed E-state index contributed by atoms with van der Waals surface area (Å²) in [6.07, 6.45) is 0. The van der Waals surface area contributed by atoms with E-state index in [9.17, 15) is 19.5 Å². The Hall–Kier alpha value is -3.81. The van der Waals surface area contributed by atoms with E-state index in [2.05, 4.69) is 20.8 Å². The topological polar surface area (TPSA) is 127 Å². The lowest BCUT2D eigenvalue weighted by Crippen LogP contribution is -2.37. The number of H-pyrrole nitrogens is 2. The number of phenolic OH excluding ortho intramolecular Hbond substituents is 1. The van der Waals surface area contributed by atoms with Gasteiger partial charge in [-0.05, 0) is 42.8 Å². The minimum atomic E-state index is -0.622. The van der Waals surface area contributed by atoms with Crippen molar-refractivity contribution < 1.29 is 5.11 Å². The Kier molecular flexibility index (Phi) is 3.80. The number of hydrogen-bond acceptors (Lipinski definition) is 6. The SMILES string of the molecule is C[C@@H](Nc1c(Nc2ccc3[nH][nH]c(=O)c3c2)c(=O)c1=O)c1cccc(O)c1. The van der Waals surface area contributed by atoms with Crippen molar-refractivity contribution in [2.45, 2.75) is 13.0 Å². The molecular formula is C19H16N4O4. The molecule has 0 radical (unpaired) electrons. The van der Waals surface area contributed by atoms with Gasteiger partial charge in [0, 0.05) is 11.7 Å². The second-order valence-electron chi connectivity index (χ2n) is 6.33. The second-order valence-corrected chi connectivity index (χ2v) is 6.33. The predicted molar refractivity (Wildman–Crippen MR) is 104 cm³/mol. The highest BCUT2D eigenvalue weighted by atomic mass is 16.3. The molecular weight excluding hydrogens is 348 g/mol. The van der Waals surface area contributed by atoms with E-state index in [1.165, 1.54) is 0 Å². The fraction of sp³-hybridized carbons (Fsp3) is 0.105. The smallest absolute Gasteiger partial charge is 0.271 e. The molecule has 0 spiro atoms. The number of rotatable bonds is 5. The summed E-state index contributed by atoms with van der Waals surface area (Å²) < 4.78 is 0. The lowest BCUT2D eigenvalue weighted by molar-refractivity contribution is 0.474. The number of phenols is 1. The molecule has 0 aliphatic rings. The first-order chi connectivity index (χ1) is 12.9. The van der Waals surface area contributed by atoms with E-state index < -0.39 is 10.9 Å². The number of benzene rings is 2. The Balaban J connectivity index is 1.62. The second kappa shape index (κ2) is 6.17. The predicted octanol–water partition coefficient (Wildman–Crippen LogP) is 2.07. The Labute approximate surface area is 152 Å². The van der Waals surface area contributed by atoms with Gasteiger partial charge in [0.15, 0.2) is 0 Å². The van der Waals surface area contributed by atoms with Gasteiger partial charge in [0.1, 0.15) is 17.1 Å². The molecule has 0 saturated heterocycles. The maximum Gasteiger partial charge on any atom is 0.271 e.